The number of rotatable bonds is 7. The lowest BCUT2D eigenvalue weighted by Crippen LogP contribution is -2.27. The van der Waals surface area contributed by atoms with Gasteiger partial charge in [-0.1, -0.05) is 36.4 Å². The molecule has 0 spiro atoms. The van der Waals surface area contributed by atoms with Gasteiger partial charge in [0.05, 0.1) is 17.4 Å². The monoisotopic (exact) mass is 331 g/mol. The predicted octanol–water partition coefficient (Wildman–Crippen LogP) is 2.57. The maximum Gasteiger partial charge on any atom is 0.233 e. The second-order valence-corrected chi connectivity index (χ2v) is 6.78. The summed E-state index contributed by atoms with van der Waals surface area (Å²) in [5, 5.41) is 2.80. The van der Waals surface area contributed by atoms with E-state index in [0.29, 0.717) is 18.0 Å². The van der Waals surface area contributed by atoms with Crippen LogP contribution in [0.4, 0.5) is 0 Å². The molecule has 23 heavy (non-hydrogen) atoms. The van der Waals surface area contributed by atoms with E-state index in [0.717, 1.165) is 16.7 Å². The molecule has 1 atom stereocenters. The highest BCUT2D eigenvalue weighted by molar-refractivity contribution is 7.85. The average Bonchev–Trinajstić information content (AvgIpc) is 2.54. The van der Waals surface area contributed by atoms with Crippen LogP contribution in [-0.4, -0.2) is 23.0 Å². The van der Waals surface area contributed by atoms with E-state index >= 15 is 0 Å². The zero-order valence-corrected chi connectivity index (χ0v) is 14.2. The minimum absolute atomic E-state index is 0.0226. The summed E-state index contributed by atoms with van der Waals surface area (Å²) < 4.78 is 17.2. The van der Waals surface area contributed by atoms with Gasteiger partial charge in [-0.05, 0) is 35.7 Å². The number of nitrogens with one attached hydrogen (secondary N) is 1. The number of hydrogen-bond acceptors (Lipinski definition) is 3. The highest BCUT2D eigenvalue weighted by Crippen LogP contribution is 2.09. The first-order valence-electron chi connectivity index (χ1n) is 7.37. The third-order valence-electron chi connectivity index (χ3n) is 3.34. The van der Waals surface area contributed by atoms with Crippen LogP contribution in [0, 0.1) is 6.92 Å². The zero-order chi connectivity index (χ0) is 16.7. The molecule has 0 fully saturated rings. The van der Waals surface area contributed by atoms with Crippen LogP contribution < -0.4 is 5.32 Å². The predicted molar refractivity (Wildman–Crippen MR) is 91.5 cm³/mol. The maximum absolute atomic E-state index is 12.2. The van der Waals surface area contributed by atoms with Crippen molar-refractivity contribution in [3.63, 3.8) is 0 Å². The number of hydrogen-bond donors (Lipinski definition) is 1. The maximum atomic E-state index is 12.2. The number of methoxy groups -OCH3 is 1. The molecule has 0 aliphatic heterocycles. The van der Waals surface area contributed by atoms with E-state index in [1.54, 1.807) is 13.2 Å². The van der Waals surface area contributed by atoms with Gasteiger partial charge in [0, 0.05) is 18.6 Å². The lowest BCUT2D eigenvalue weighted by atomic mass is 10.1. The molecule has 0 aliphatic carbocycles. The fraction of sp³-hybridized carbons (Fsp3) is 0.278. The largest absolute Gasteiger partial charge is 0.380 e. The van der Waals surface area contributed by atoms with E-state index in [9.17, 15) is 9.00 Å². The summed E-state index contributed by atoms with van der Waals surface area (Å²) in [6.45, 7) is 2.94. The van der Waals surface area contributed by atoms with E-state index in [1.165, 1.54) is 0 Å². The molecule has 0 bridgehead atoms. The van der Waals surface area contributed by atoms with E-state index in [2.05, 4.69) is 5.32 Å². The summed E-state index contributed by atoms with van der Waals surface area (Å²) in [6.07, 6.45) is 0. The Morgan fingerprint density at radius 1 is 1.13 bits per heavy atom. The molecule has 1 amide bonds. The van der Waals surface area contributed by atoms with Crippen molar-refractivity contribution >= 4 is 16.7 Å². The second kappa shape index (κ2) is 8.60. The number of ether oxygens (including phenoxy) is 1. The van der Waals surface area contributed by atoms with Gasteiger partial charge in [0.1, 0.15) is 5.75 Å². The Balaban J connectivity index is 1.84. The van der Waals surface area contributed by atoms with Gasteiger partial charge in [-0.25, -0.2) is 0 Å². The van der Waals surface area contributed by atoms with Gasteiger partial charge in [0.2, 0.25) is 5.91 Å². The minimum Gasteiger partial charge on any atom is -0.380 e. The summed E-state index contributed by atoms with van der Waals surface area (Å²) in [5.74, 6) is -0.239. The van der Waals surface area contributed by atoms with Crippen LogP contribution in [-0.2, 0) is 33.5 Å². The summed E-state index contributed by atoms with van der Waals surface area (Å²) in [6, 6.07) is 15.3. The van der Waals surface area contributed by atoms with Crippen molar-refractivity contribution < 1.29 is 13.7 Å². The van der Waals surface area contributed by atoms with Crippen LogP contribution in [0.5, 0.6) is 0 Å². The van der Waals surface area contributed by atoms with Crippen molar-refractivity contribution in [3.8, 4) is 0 Å². The first-order valence-corrected chi connectivity index (χ1v) is 8.69. The highest BCUT2D eigenvalue weighted by atomic mass is 32.2. The fourth-order valence-electron chi connectivity index (χ4n) is 2.13. The zero-order valence-electron chi connectivity index (χ0n) is 13.4. The van der Waals surface area contributed by atoms with Crippen LogP contribution in [0.25, 0.3) is 0 Å². The Morgan fingerprint density at radius 2 is 1.83 bits per heavy atom. The van der Waals surface area contributed by atoms with Crippen molar-refractivity contribution in [3.05, 3.63) is 65.2 Å². The first kappa shape index (κ1) is 17.4. The molecule has 2 rings (SSSR count). The van der Waals surface area contributed by atoms with E-state index in [4.69, 9.17) is 4.74 Å². The second-order valence-electron chi connectivity index (χ2n) is 5.33. The molecular formula is C18H21NO3S. The molecule has 4 nitrogen and oxygen atoms in total. The van der Waals surface area contributed by atoms with Gasteiger partial charge in [-0.15, -0.1) is 0 Å². The third kappa shape index (κ3) is 5.62. The molecule has 0 radical (unpaired) electrons. The summed E-state index contributed by atoms with van der Waals surface area (Å²) in [5.41, 5.74) is 3.12. The molecule has 5 heteroatoms. The van der Waals surface area contributed by atoms with Crippen LogP contribution in [0.2, 0.25) is 0 Å². The third-order valence-corrected chi connectivity index (χ3v) is 4.64. The Bertz CT molecular complexity index is 683. The van der Waals surface area contributed by atoms with Crippen molar-refractivity contribution in [2.24, 2.45) is 0 Å². The van der Waals surface area contributed by atoms with Gasteiger partial charge in [0.25, 0.3) is 0 Å². The van der Waals surface area contributed by atoms with Gasteiger partial charge in [-0.3, -0.25) is 9.00 Å². The molecule has 0 aromatic heterocycles. The minimum atomic E-state index is -1.32. The molecule has 2 aromatic carbocycles. The normalized spacial score (nSPS) is 11.9. The molecular weight excluding hydrogens is 310 g/mol. The Morgan fingerprint density at radius 3 is 2.48 bits per heavy atom. The number of aryl methyl sites for hydroxylation is 1. The lowest BCUT2D eigenvalue weighted by molar-refractivity contribution is -0.118. The fourth-order valence-corrected chi connectivity index (χ4v) is 3.19. The molecule has 1 unspecified atom stereocenters. The van der Waals surface area contributed by atoms with Crippen molar-refractivity contribution in [2.45, 2.75) is 25.0 Å². The first-order chi connectivity index (χ1) is 11.1. The van der Waals surface area contributed by atoms with Crippen LogP contribution in [0.1, 0.15) is 16.7 Å². The summed E-state index contributed by atoms with van der Waals surface area (Å²) >= 11 is 0. The average molecular weight is 331 g/mol. The quantitative estimate of drug-likeness (QED) is 0.848. The van der Waals surface area contributed by atoms with Crippen LogP contribution >= 0.6 is 0 Å². The standard InChI is InChI=1S/C18H21NO3S/c1-14-4-3-5-17(10-14)23(21)13-18(20)19-11-15-6-8-16(9-7-15)12-22-2/h3-10H,11-13H2,1-2H3,(H,19,20). The van der Waals surface area contributed by atoms with Crippen LogP contribution in [0.15, 0.2) is 53.4 Å². The van der Waals surface area contributed by atoms with Crippen molar-refractivity contribution in [2.75, 3.05) is 12.9 Å². The summed E-state index contributed by atoms with van der Waals surface area (Å²) in [7, 11) is 0.339. The number of carbonyl (C=O) groups is 1. The SMILES string of the molecule is COCc1ccc(CNC(=O)CS(=O)c2cccc(C)c2)cc1. The van der Waals surface area contributed by atoms with Gasteiger partial charge in [0.15, 0.2) is 0 Å². The van der Waals surface area contributed by atoms with E-state index in [1.807, 2.05) is 49.4 Å². The molecule has 2 aromatic rings. The van der Waals surface area contributed by atoms with Crippen molar-refractivity contribution in [1.82, 2.24) is 5.32 Å². The van der Waals surface area contributed by atoms with Gasteiger partial charge >= 0.3 is 0 Å². The number of benzene rings is 2. The highest BCUT2D eigenvalue weighted by Gasteiger charge is 2.10. The smallest absolute Gasteiger partial charge is 0.233 e. The van der Waals surface area contributed by atoms with Crippen LogP contribution in [0.3, 0.4) is 0 Å². The molecule has 0 saturated heterocycles. The molecule has 1 N–H and O–H groups in total. The molecule has 0 aliphatic rings. The summed E-state index contributed by atoms with van der Waals surface area (Å²) in [4.78, 5) is 12.6. The Kier molecular flexibility index (Phi) is 6.50. The van der Waals surface area contributed by atoms with E-state index < -0.39 is 10.8 Å². The molecule has 0 heterocycles. The molecule has 122 valence electrons. The number of amides is 1. The molecule has 0 saturated carbocycles. The van der Waals surface area contributed by atoms with Crippen molar-refractivity contribution in [1.29, 1.82) is 0 Å². The Hall–Kier alpha value is -1.98. The number of carbonyl (C=O) groups excluding carboxylic acids is 1. The lowest BCUT2D eigenvalue weighted by Gasteiger charge is -2.07. The van der Waals surface area contributed by atoms with Gasteiger partial charge in [-0.2, -0.15) is 0 Å². The van der Waals surface area contributed by atoms with E-state index in [-0.39, 0.29) is 11.7 Å². The topological polar surface area (TPSA) is 55.4 Å². The van der Waals surface area contributed by atoms with Gasteiger partial charge < -0.3 is 10.1 Å². The Labute approximate surface area is 139 Å².